The Balaban J connectivity index is 1.46. The molecule has 0 bridgehead atoms. The number of hydrogen-bond acceptors (Lipinski definition) is 7. The van der Waals surface area contributed by atoms with Crippen LogP contribution in [0.5, 0.6) is 11.5 Å². The van der Waals surface area contributed by atoms with Gasteiger partial charge >= 0.3 is 0 Å². The van der Waals surface area contributed by atoms with Crippen molar-refractivity contribution < 1.29 is 27.1 Å². The van der Waals surface area contributed by atoms with E-state index in [1.165, 1.54) is 24.7 Å². The summed E-state index contributed by atoms with van der Waals surface area (Å²) < 4.78 is 44.8. The number of nitrogens with one attached hydrogen (secondary N) is 1. The van der Waals surface area contributed by atoms with Crippen LogP contribution in [0, 0.1) is 6.92 Å². The maximum Gasteiger partial charge on any atom is 0.244 e. The van der Waals surface area contributed by atoms with E-state index in [0.717, 1.165) is 11.1 Å². The average Bonchev–Trinajstić information content (AvgIpc) is 3.41. The molecule has 4 rings (SSSR count). The summed E-state index contributed by atoms with van der Waals surface area (Å²) >= 11 is 12.2. The highest BCUT2D eigenvalue weighted by atomic mass is 35.5. The van der Waals surface area contributed by atoms with Crippen molar-refractivity contribution in [2.75, 3.05) is 14.2 Å². The van der Waals surface area contributed by atoms with Crippen molar-refractivity contribution >= 4 is 45.3 Å². The lowest BCUT2D eigenvalue weighted by Gasteiger charge is -2.22. The van der Waals surface area contributed by atoms with Crippen LogP contribution in [0.2, 0.25) is 10.0 Å². The molecular formula is C30H29Cl2N3O6S. The van der Waals surface area contributed by atoms with E-state index in [-0.39, 0.29) is 30.3 Å². The number of rotatable bonds is 12. The summed E-state index contributed by atoms with van der Waals surface area (Å²) in [7, 11) is -0.847. The number of benzene rings is 3. The van der Waals surface area contributed by atoms with Gasteiger partial charge in [0.1, 0.15) is 11.5 Å². The number of halogens is 2. The van der Waals surface area contributed by atoms with Crippen molar-refractivity contribution in [3.05, 3.63) is 111 Å². The highest BCUT2D eigenvalue weighted by Gasteiger charge is 2.26. The van der Waals surface area contributed by atoms with E-state index in [9.17, 15) is 13.2 Å². The summed E-state index contributed by atoms with van der Waals surface area (Å²) in [4.78, 5) is 12.5. The molecule has 4 aromatic rings. The van der Waals surface area contributed by atoms with Crippen LogP contribution in [0.15, 0.2) is 87.2 Å². The number of sulfonamides is 1. The van der Waals surface area contributed by atoms with Crippen LogP contribution in [0.3, 0.4) is 0 Å². The zero-order valence-electron chi connectivity index (χ0n) is 23.1. The van der Waals surface area contributed by atoms with Crippen LogP contribution in [-0.2, 0) is 34.3 Å². The van der Waals surface area contributed by atoms with Gasteiger partial charge in [0.15, 0.2) is 11.5 Å². The van der Waals surface area contributed by atoms with Gasteiger partial charge in [-0.05, 0) is 66.6 Å². The van der Waals surface area contributed by atoms with Gasteiger partial charge in [0.2, 0.25) is 15.9 Å². The number of methoxy groups -OCH3 is 2. The van der Waals surface area contributed by atoms with Crippen molar-refractivity contribution in [1.29, 1.82) is 0 Å². The second-order valence-corrected chi connectivity index (χ2v) is 12.1. The van der Waals surface area contributed by atoms with Crippen LogP contribution >= 0.6 is 23.2 Å². The number of aryl methyl sites for hydroxylation is 1. The summed E-state index contributed by atoms with van der Waals surface area (Å²) in [6.45, 7) is 1.86. The molecule has 12 heteroatoms. The fraction of sp³-hybridized carbons (Fsp3) is 0.200. The third-order valence-electron chi connectivity index (χ3n) is 6.21. The molecule has 3 aromatic carbocycles. The minimum absolute atomic E-state index is 0.0312. The number of hydrogen-bond donors (Lipinski definition) is 1. The second kappa shape index (κ2) is 13.9. The number of nitrogens with zero attached hydrogens (tertiary/aromatic N) is 2. The van der Waals surface area contributed by atoms with E-state index in [1.54, 1.807) is 72.8 Å². The molecular weight excluding hydrogens is 601 g/mol. The molecule has 0 aliphatic carbocycles. The van der Waals surface area contributed by atoms with Gasteiger partial charge in [-0.1, -0.05) is 53.0 Å². The Bertz CT molecular complexity index is 1690. The Labute approximate surface area is 254 Å². The number of carbonyl (C=O) groups is 1. The molecule has 9 nitrogen and oxygen atoms in total. The molecule has 0 unspecified atom stereocenters. The second-order valence-electron chi connectivity index (χ2n) is 9.30. The monoisotopic (exact) mass is 629 g/mol. The molecule has 0 spiro atoms. The lowest BCUT2D eigenvalue weighted by molar-refractivity contribution is -0.120. The van der Waals surface area contributed by atoms with Crippen molar-refractivity contribution in [3.8, 4) is 11.5 Å². The van der Waals surface area contributed by atoms with Crippen molar-refractivity contribution in [3.63, 3.8) is 0 Å². The first-order valence-corrected chi connectivity index (χ1v) is 14.9. The molecule has 0 fully saturated rings. The molecule has 0 aliphatic heterocycles. The first-order chi connectivity index (χ1) is 20.1. The van der Waals surface area contributed by atoms with Gasteiger partial charge in [0.25, 0.3) is 0 Å². The van der Waals surface area contributed by atoms with Crippen LogP contribution in [-0.4, -0.2) is 39.1 Å². The van der Waals surface area contributed by atoms with Crippen LogP contribution < -0.4 is 14.9 Å². The standard InChI is InChI=1S/C30H29Cl2N3O6S/c1-20-4-10-25(11-5-20)42(37,38)35(18-22-6-12-26(31)27(32)14-22)19-24-9-8-23(41-24)17-33-34-30(36)16-21-7-13-28(39-2)29(15-21)40-3/h4-15,17H,16,18-19H2,1-3H3,(H,34,36)/b33-17-. The van der Waals surface area contributed by atoms with E-state index in [0.29, 0.717) is 38.6 Å². The molecule has 1 amide bonds. The van der Waals surface area contributed by atoms with E-state index < -0.39 is 10.0 Å². The quantitative estimate of drug-likeness (QED) is 0.152. The normalized spacial score (nSPS) is 11.7. The Morgan fingerprint density at radius 2 is 1.62 bits per heavy atom. The maximum atomic E-state index is 13.6. The Morgan fingerprint density at radius 3 is 2.31 bits per heavy atom. The third-order valence-corrected chi connectivity index (χ3v) is 8.75. The Hall–Kier alpha value is -3.83. The van der Waals surface area contributed by atoms with E-state index in [4.69, 9.17) is 37.1 Å². The minimum atomic E-state index is -3.91. The molecule has 1 aromatic heterocycles. The zero-order valence-corrected chi connectivity index (χ0v) is 25.5. The Morgan fingerprint density at radius 1 is 0.905 bits per heavy atom. The summed E-state index contributed by atoms with van der Waals surface area (Å²) in [6, 6.07) is 20.1. The molecule has 0 saturated carbocycles. The van der Waals surface area contributed by atoms with Gasteiger partial charge in [0, 0.05) is 6.54 Å². The predicted octanol–water partition coefficient (Wildman–Crippen LogP) is 6.00. The van der Waals surface area contributed by atoms with Gasteiger partial charge in [-0.25, -0.2) is 13.8 Å². The topological polar surface area (TPSA) is 110 Å². The lowest BCUT2D eigenvalue weighted by atomic mass is 10.1. The number of hydrazone groups is 1. The summed E-state index contributed by atoms with van der Waals surface area (Å²) in [5, 5.41) is 4.66. The summed E-state index contributed by atoms with van der Waals surface area (Å²) in [6.07, 6.45) is 1.41. The summed E-state index contributed by atoms with van der Waals surface area (Å²) in [5.41, 5.74) is 4.78. The average molecular weight is 631 g/mol. The molecule has 0 saturated heterocycles. The van der Waals surface area contributed by atoms with Crippen molar-refractivity contribution in [2.24, 2.45) is 5.10 Å². The highest BCUT2D eigenvalue weighted by Crippen LogP contribution is 2.28. The fourth-order valence-electron chi connectivity index (χ4n) is 4.03. The van der Waals surface area contributed by atoms with E-state index in [1.807, 2.05) is 6.92 Å². The number of amides is 1. The van der Waals surface area contributed by atoms with E-state index >= 15 is 0 Å². The van der Waals surface area contributed by atoms with Crippen LogP contribution in [0.4, 0.5) is 0 Å². The zero-order chi connectivity index (χ0) is 30.3. The van der Waals surface area contributed by atoms with Gasteiger partial charge in [-0.3, -0.25) is 4.79 Å². The van der Waals surface area contributed by atoms with Crippen LogP contribution in [0.1, 0.15) is 28.2 Å². The summed E-state index contributed by atoms with van der Waals surface area (Å²) in [5.74, 6) is 1.45. The number of ether oxygens (including phenoxy) is 2. The van der Waals surface area contributed by atoms with Crippen molar-refractivity contribution in [2.45, 2.75) is 31.3 Å². The van der Waals surface area contributed by atoms with Gasteiger partial charge < -0.3 is 13.9 Å². The molecule has 0 radical (unpaired) electrons. The van der Waals surface area contributed by atoms with Gasteiger partial charge in [-0.15, -0.1) is 0 Å². The molecule has 0 aliphatic rings. The SMILES string of the molecule is COc1ccc(CC(=O)N/N=C\c2ccc(CN(Cc3ccc(Cl)c(Cl)c3)S(=O)(=O)c3ccc(C)cc3)o2)cc1OC. The Kier molecular flexibility index (Phi) is 10.3. The van der Waals surface area contributed by atoms with Crippen LogP contribution in [0.25, 0.3) is 0 Å². The maximum absolute atomic E-state index is 13.6. The third kappa shape index (κ3) is 7.92. The molecule has 1 heterocycles. The number of carbonyl (C=O) groups excluding carboxylic acids is 1. The predicted molar refractivity (Wildman–Crippen MR) is 162 cm³/mol. The van der Waals surface area contributed by atoms with Gasteiger partial charge in [-0.2, -0.15) is 9.41 Å². The smallest absolute Gasteiger partial charge is 0.244 e. The molecule has 0 atom stereocenters. The molecule has 220 valence electrons. The first-order valence-electron chi connectivity index (χ1n) is 12.7. The lowest BCUT2D eigenvalue weighted by Crippen LogP contribution is -2.30. The largest absolute Gasteiger partial charge is 0.493 e. The van der Waals surface area contributed by atoms with Crippen molar-refractivity contribution in [1.82, 2.24) is 9.73 Å². The fourth-order valence-corrected chi connectivity index (χ4v) is 5.75. The highest BCUT2D eigenvalue weighted by molar-refractivity contribution is 7.89. The van der Waals surface area contributed by atoms with E-state index in [2.05, 4.69) is 10.5 Å². The molecule has 42 heavy (non-hydrogen) atoms. The van der Waals surface area contributed by atoms with Gasteiger partial charge in [0.05, 0.1) is 48.3 Å². The molecule has 1 N–H and O–H groups in total. The first kappa shape index (κ1) is 31.1. The number of furan rings is 1. The minimum Gasteiger partial charge on any atom is -0.493 e.